The maximum Gasteiger partial charge on any atom is 0.322 e. The predicted molar refractivity (Wildman–Crippen MR) is 80.3 cm³/mol. The smallest absolute Gasteiger partial charge is 0.322 e. The molecule has 1 aliphatic heterocycles. The summed E-state index contributed by atoms with van der Waals surface area (Å²) in [5, 5.41) is 2.86. The molecule has 1 fully saturated rings. The lowest BCUT2D eigenvalue weighted by molar-refractivity contribution is 0.126. The summed E-state index contributed by atoms with van der Waals surface area (Å²) in [7, 11) is 1.54. The van der Waals surface area contributed by atoms with Crippen LogP contribution in [-0.2, 0) is 0 Å². The number of carbonyl (C=O) groups excluding carboxylic acids is 1. The van der Waals surface area contributed by atoms with Crippen LogP contribution in [0.4, 0.5) is 10.5 Å². The van der Waals surface area contributed by atoms with Gasteiger partial charge in [0.1, 0.15) is 5.69 Å². The fourth-order valence-corrected chi connectivity index (χ4v) is 2.49. The van der Waals surface area contributed by atoms with Crippen molar-refractivity contribution >= 4 is 11.7 Å². The fraction of sp³-hybridized carbons (Fsp3) is 0.250. The summed E-state index contributed by atoms with van der Waals surface area (Å²) in [6, 6.07) is 13.6. The van der Waals surface area contributed by atoms with Crippen LogP contribution in [0.5, 0.6) is 5.88 Å². The van der Waals surface area contributed by atoms with E-state index < -0.39 is 0 Å². The van der Waals surface area contributed by atoms with Gasteiger partial charge in [-0.3, -0.25) is 0 Å². The van der Waals surface area contributed by atoms with E-state index in [1.165, 1.54) is 7.11 Å². The minimum Gasteiger partial charge on any atom is -0.480 e. The number of pyridine rings is 1. The summed E-state index contributed by atoms with van der Waals surface area (Å²) >= 11 is 0. The average molecular weight is 283 g/mol. The van der Waals surface area contributed by atoms with Crippen LogP contribution in [0.1, 0.15) is 18.0 Å². The number of aromatic nitrogens is 1. The molecular formula is C16H17N3O2. The molecule has 0 spiro atoms. The van der Waals surface area contributed by atoms with E-state index in [1.54, 1.807) is 18.3 Å². The van der Waals surface area contributed by atoms with Crippen molar-refractivity contribution in [1.29, 1.82) is 0 Å². The zero-order valence-corrected chi connectivity index (χ0v) is 11.8. The van der Waals surface area contributed by atoms with Crippen molar-refractivity contribution in [3.8, 4) is 5.88 Å². The lowest BCUT2D eigenvalue weighted by Crippen LogP contribution is -2.47. The summed E-state index contributed by atoms with van der Waals surface area (Å²) in [5.41, 5.74) is 1.75. The van der Waals surface area contributed by atoms with Gasteiger partial charge in [-0.1, -0.05) is 30.3 Å². The predicted octanol–water partition coefficient (Wildman–Crippen LogP) is 3.07. The third-order valence-electron chi connectivity index (χ3n) is 3.67. The summed E-state index contributed by atoms with van der Waals surface area (Å²) in [6.45, 7) is 0.758. The van der Waals surface area contributed by atoms with Crippen LogP contribution < -0.4 is 10.1 Å². The molecule has 1 atom stereocenters. The molecule has 1 aromatic carbocycles. The number of methoxy groups -OCH3 is 1. The van der Waals surface area contributed by atoms with Crippen molar-refractivity contribution in [2.75, 3.05) is 19.0 Å². The van der Waals surface area contributed by atoms with Crippen LogP contribution in [0.2, 0.25) is 0 Å². The van der Waals surface area contributed by atoms with E-state index in [0.29, 0.717) is 11.6 Å². The molecule has 21 heavy (non-hydrogen) atoms. The third-order valence-corrected chi connectivity index (χ3v) is 3.67. The van der Waals surface area contributed by atoms with Crippen LogP contribution in [0.15, 0.2) is 48.7 Å². The largest absolute Gasteiger partial charge is 0.480 e. The molecule has 1 unspecified atom stereocenters. The van der Waals surface area contributed by atoms with Gasteiger partial charge in [-0.2, -0.15) is 0 Å². The Kier molecular flexibility index (Phi) is 3.73. The maximum atomic E-state index is 12.4. The van der Waals surface area contributed by atoms with Gasteiger partial charge in [0.05, 0.1) is 13.2 Å². The minimum absolute atomic E-state index is 0.124. The van der Waals surface area contributed by atoms with Crippen molar-refractivity contribution in [1.82, 2.24) is 9.88 Å². The topological polar surface area (TPSA) is 54.5 Å². The van der Waals surface area contributed by atoms with Crippen molar-refractivity contribution < 1.29 is 9.53 Å². The summed E-state index contributed by atoms with van der Waals surface area (Å²) in [6.07, 6.45) is 2.62. The van der Waals surface area contributed by atoms with Gasteiger partial charge in [0.2, 0.25) is 5.88 Å². The Labute approximate surface area is 123 Å². The van der Waals surface area contributed by atoms with Gasteiger partial charge < -0.3 is 15.0 Å². The number of urea groups is 1. The second-order valence-electron chi connectivity index (χ2n) is 4.90. The molecule has 0 radical (unpaired) electrons. The van der Waals surface area contributed by atoms with Crippen molar-refractivity contribution in [3.05, 3.63) is 54.2 Å². The molecule has 2 heterocycles. The number of amides is 2. The molecule has 0 saturated carbocycles. The number of benzene rings is 1. The summed E-state index contributed by atoms with van der Waals surface area (Å²) in [5.74, 6) is 0.419. The molecule has 5 nitrogen and oxygen atoms in total. The van der Waals surface area contributed by atoms with Crippen LogP contribution in [0.25, 0.3) is 0 Å². The van der Waals surface area contributed by atoms with Gasteiger partial charge in [-0.25, -0.2) is 9.78 Å². The second kappa shape index (κ2) is 5.83. The molecule has 3 rings (SSSR count). The van der Waals surface area contributed by atoms with Crippen molar-refractivity contribution in [3.63, 3.8) is 0 Å². The second-order valence-corrected chi connectivity index (χ2v) is 4.90. The maximum absolute atomic E-state index is 12.4. The first kappa shape index (κ1) is 13.4. The lowest BCUT2D eigenvalue weighted by atomic mass is 9.95. The number of anilines is 1. The molecule has 2 aromatic rings. The molecule has 0 aliphatic carbocycles. The number of likely N-dealkylation sites (tertiary alicyclic amines) is 1. The van der Waals surface area contributed by atoms with E-state index in [1.807, 2.05) is 23.1 Å². The molecule has 0 bridgehead atoms. The molecule has 108 valence electrons. The molecule has 1 aromatic heterocycles. The number of nitrogens with zero attached hydrogens (tertiary/aromatic N) is 2. The summed E-state index contributed by atoms with van der Waals surface area (Å²) in [4.78, 5) is 18.3. The highest BCUT2D eigenvalue weighted by atomic mass is 16.5. The fourth-order valence-electron chi connectivity index (χ4n) is 2.49. The van der Waals surface area contributed by atoms with Crippen LogP contribution in [0, 0.1) is 0 Å². The normalized spacial score (nSPS) is 17.0. The van der Waals surface area contributed by atoms with Crippen molar-refractivity contribution in [2.45, 2.75) is 12.5 Å². The number of nitrogens with one attached hydrogen (secondary N) is 1. The Hall–Kier alpha value is -2.56. The molecule has 1 saturated heterocycles. The average Bonchev–Trinajstić information content (AvgIpc) is 2.47. The van der Waals surface area contributed by atoms with Gasteiger partial charge >= 0.3 is 6.03 Å². The van der Waals surface area contributed by atoms with Gasteiger partial charge in [-0.05, 0) is 24.1 Å². The lowest BCUT2D eigenvalue weighted by Gasteiger charge is -2.41. The molecule has 1 aliphatic rings. The summed E-state index contributed by atoms with van der Waals surface area (Å²) < 4.78 is 5.14. The molecular weight excluding hydrogens is 266 g/mol. The first-order chi connectivity index (χ1) is 10.3. The van der Waals surface area contributed by atoms with Gasteiger partial charge in [0.25, 0.3) is 0 Å². The van der Waals surface area contributed by atoms with E-state index in [9.17, 15) is 4.79 Å². The van der Waals surface area contributed by atoms with Crippen LogP contribution >= 0.6 is 0 Å². The first-order valence-corrected chi connectivity index (χ1v) is 6.91. The van der Waals surface area contributed by atoms with Crippen LogP contribution in [-0.4, -0.2) is 29.6 Å². The number of hydrogen-bond acceptors (Lipinski definition) is 3. The zero-order valence-electron chi connectivity index (χ0n) is 11.8. The zero-order chi connectivity index (χ0) is 14.7. The minimum atomic E-state index is -0.124. The monoisotopic (exact) mass is 283 g/mol. The third kappa shape index (κ3) is 2.67. The van der Waals surface area contributed by atoms with E-state index >= 15 is 0 Å². The SMILES string of the molecule is COc1ncccc1NC(=O)N1CCC1c1ccccc1. The molecule has 5 heteroatoms. The Morgan fingerprint density at radius 2 is 2.10 bits per heavy atom. The Morgan fingerprint density at radius 1 is 1.29 bits per heavy atom. The highest BCUT2D eigenvalue weighted by molar-refractivity contribution is 5.91. The van der Waals surface area contributed by atoms with Gasteiger partial charge in [-0.15, -0.1) is 0 Å². The van der Waals surface area contributed by atoms with Gasteiger partial charge in [0, 0.05) is 12.7 Å². The van der Waals surface area contributed by atoms with E-state index in [2.05, 4.69) is 22.4 Å². The molecule has 1 N–H and O–H groups in total. The van der Waals surface area contributed by atoms with E-state index in [4.69, 9.17) is 4.74 Å². The highest BCUT2D eigenvalue weighted by Gasteiger charge is 2.33. The Bertz CT molecular complexity index is 630. The standard InChI is InChI=1S/C16H17N3O2/c1-21-15-13(8-5-10-17-15)18-16(20)19-11-9-14(19)12-6-3-2-4-7-12/h2-8,10,14H,9,11H2,1H3,(H,18,20). The van der Waals surface area contributed by atoms with Crippen LogP contribution in [0.3, 0.4) is 0 Å². The number of ether oxygens (including phenoxy) is 1. The van der Waals surface area contributed by atoms with E-state index in [-0.39, 0.29) is 12.1 Å². The van der Waals surface area contributed by atoms with E-state index in [0.717, 1.165) is 18.5 Å². The molecule has 2 amide bonds. The highest BCUT2D eigenvalue weighted by Crippen LogP contribution is 2.34. The quantitative estimate of drug-likeness (QED) is 0.941. The Morgan fingerprint density at radius 3 is 2.76 bits per heavy atom. The first-order valence-electron chi connectivity index (χ1n) is 6.91. The van der Waals surface area contributed by atoms with Gasteiger partial charge in [0.15, 0.2) is 0 Å². The number of rotatable bonds is 3. The van der Waals surface area contributed by atoms with Crippen molar-refractivity contribution in [2.24, 2.45) is 0 Å². The Balaban J connectivity index is 1.71. The number of carbonyl (C=O) groups is 1. The number of hydrogen-bond donors (Lipinski definition) is 1.